The first-order chi connectivity index (χ1) is 10.2. The Morgan fingerprint density at radius 1 is 1.43 bits per heavy atom. The number of hydrogen-bond acceptors (Lipinski definition) is 5. The number of nitrogens with two attached hydrogens (primary N) is 1. The van der Waals surface area contributed by atoms with Crippen LogP contribution in [0.15, 0.2) is 6.33 Å². The Labute approximate surface area is 124 Å². The van der Waals surface area contributed by atoms with Crippen LogP contribution in [0.25, 0.3) is 0 Å². The van der Waals surface area contributed by atoms with Crippen molar-refractivity contribution in [2.45, 2.75) is 31.7 Å². The van der Waals surface area contributed by atoms with Crippen molar-refractivity contribution in [1.29, 1.82) is 0 Å². The summed E-state index contributed by atoms with van der Waals surface area (Å²) in [5, 5.41) is 7.68. The van der Waals surface area contributed by atoms with Crippen molar-refractivity contribution in [3.63, 3.8) is 0 Å². The molecule has 0 radical (unpaired) electrons. The van der Waals surface area contributed by atoms with E-state index in [0.717, 1.165) is 51.5 Å². The van der Waals surface area contributed by atoms with Gasteiger partial charge in [0.25, 0.3) is 5.91 Å². The van der Waals surface area contributed by atoms with Crippen LogP contribution in [-0.4, -0.2) is 58.3 Å². The molecule has 7 nitrogen and oxygen atoms in total. The number of nitrogens with zero attached hydrogens (tertiary/aromatic N) is 4. The second-order valence-corrected chi connectivity index (χ2v) is 6.18. The van der Waals surface area contributed by atoms with E-state index in [4.69, 9.17) is 5.73 Å². The molecule has 0 aliphatic carbocycles. The van der Waals surface area contributed by atoms with Gasteiger partial charge >= 0.3 is 0 Å². The van der Waals surface area contributed by atoms with Crippen LogP contribution in [0, 0.1) is 5.92 Å². The molecule has 2 aliphatic rings. The van der Waals surface area contributed by atoms with E-state index in [2.05, 4.69) is 20.3 Å². The van der Waals surface area contributed by atoms with Gasteiger partial charge in [0.1, 0.15) is 6.33 Å². The van der Waals surface area contributed by atoms with E-state index in [9.17, 15) is 4.79 Å². The normalized spacial score (nSPS) is 27.6. The van der Waals surface area contributed by atoms with Gasteiger partial charge < -0.3 is 16.0 Å². The molecule has 2 saturated heterocycles. The summed E-state index contributed by atoms with van der Waals surface area (Å²) >= 11 is 0. The number of piperidine rings is 2. The van der Waals surface area contributed by atoms with Crippen molar-refractivity contribution in [2.75, 3.05) is 32.7 Å². The molecule has 2 aliphatic heterocycles. The lowest BCUT2D eigenvalue weighted by Gasteiger charge is -2.36. The maximum atomic E-state index is 11.1. The third-order valence-corrected chi connectivity index (χ3v) is 4.50. The zero-order valence-electron chi connectivity index (χ0n) is 12.4. The first kappa shape index (κ1) is 14.5. The number of carbonyl (C=O) groups excluding carboxylic acids is 1. The van der Waals surface area contributed by atoms with Gasteiger partial charge in [-0.2, -0.15) is 0 Å². The zero-order chi connectivity index (χ0) is 14.7. The molecule has 21 heavy (non-hydrogen) atoms. The summed E-state index contributed by atoms with van der Waals surface area (Å²) in [4.78, 5) is 17.6. The average molecular weight is 292 g/mol. The van der Waals surface area contributed by atoms with E-state index in [1.54, 1.807) is 6.33 Å². The summed E-state index contributed by atoms with van der Waals surface area (Å²) in [6.45, 7) is 5.59. The molecule has 2 fully saturated rings. The fraction of sp³-hybridized carbons (Fsp3) is 0.786. The number of hydrogen-bond donors (Lipinski definition) is 2. The first-order valence-electron chi connectivity index (χ1n) is 7.86. The summed E-state index contributed by atoms with van der Waals surface area (Å²) in [7, 11) is 0. The Bertz CT molecular complexity index is 482. The molecule has 2 atom stereocenters. The highest BCUT2D eigenvalue weighted by Crippen LogP contribution is 2.22. The lowest BCUT2D eigenvalue weighted by molar-refractivity contribution is 0.0988. The van der Waals surface area contributed by atoms with E-state index in [1.807, 2.05) is 4.68 Å². The quantitative estimate of drug-likeness (QED) is 0.816. The monoisotopic (exact) mass is 292 g/mol. The van der Waals surface area contributed by atoms with Gasteiger partial charge in [0.05, 0.1) is 6.04 Å². The summed E-state index contributed by atoms with van der Waals surface area (Å²) < 4.78 is 1.81. The molecule has 0 aromatic carbocycles. The molecule has 0 saturated carbocycles. The van der Waals surface area contributed by atoms with Gasteiger partial charge in [0, 0.05) is 13.1 Å². The second-order valence-electron chi connectivity index (χ2n) is 6.18. The molecule has 1 amide bonds. The molecule has 7 heteroatoms. The largest absolute Gasteiger partial charge is 0.363 e. The van der Waals surface area contributed by atoms with Gasteiger partial charge in [-0.1, -0.05) is 0 Å². The van der Waals surface area contributed by atoms with Crippen molar-refractivity contribution in [3.05, 3.63) is 12.2 Å². The van der Waals surface area contributed by atoms with Gasteiger partial charge in [-0.15, -0.1) is 5.10 Å². The molecule has 3 N–H and O–H groups in total. The highest BCUT2D eigenvalue weighted by molar-refractivity contribution is 5.88. The molecule has 0 spiro atoms. The Balaban J connectivity index is 1.58. The van der Waals surface area contributed by atoms with E-state index in [0.29, 0.717) is 6.04 Å². The Morgan fingerprint density at radius 3 is 3.05 bits per heavy atom. The predicted octanol–water partition coefficient (Wildman–Crippen LogP) is 0.0135. The third kappa shape index (κ3) is 3.59. The Hall–Kier alpha value is -1.47. The Kier molecular flexibility index (Phi) is 4.50. The molecule has 1 aromatic heterocycles. The molecule has 3 rings (SSSR count). The van der Waals surface area contributed by atoms with E-state index < -0.39 is 5.91 Å². The first-order valence-corrected chi connectivity index (χ1v) is 7.86. The number of likely N-dealkylation sites (tertiary alicyclic amines) is 1. The maximum Gasteiger partial charge on any atom is 0.288 e. The van der Waals surface area contributed by atoms with Crippen LogP contribution in [0.1, 0.15) is 42.3 Å². The maximum absolute atomic E-state index is 11.1. The van der Waals surface area contributed by atoms with Gasteiger partial charge in [-0.25, -0.2) is 9.67 Å². The van der Waals surface area contributed by atoms with Crippen molar-refractivity contribution < 1.29 is 4.79 Å². The van der Waals surface area contributed by atoms with Crippen molar-refractivity contribution in [1.82, 2.24) is 25.0 Å². The summed E-state index contributed by atoms with van der Waals surface area (Å²) in [5.74, 6) is 0.313. The van der Waals surface area contributed by atoms with E-state index >= 15 is 0 Å². The highest BCUT2D eigenvalue weighted by atomic mass is 16.1. The van der Waals surface area contributed by atoms with Crippen LogP contribution in [-0.2, 0) is 0 Å². The zero-order valence-corrected chi connectivity index (χ0v) is 12.4. The molecule has 3 heterocycles. The number of aromatic nitrogens is 3. The topological polar surface area (TPSA) is 89.1 Å². The van der Waals surface area contributed by atoms with Crippen LogP contribution in [0.2, 0.25) is 0 Å². The number of primary amides is 1. The van der Waals surface area contributed by atoms with Crippen molar-refractivity contribution in [2.24, 2.45) is 11.7 Å². The lowest BCUT2D eigenvalue weighted by Crippen LogP contribution is -2.43. The summed E-state index contributed by atoms with van der Waals surface area (Å²) in [5.41, 5.74) is 5.21. The molecule has 1 aromatic rings. The number of rotatable bonds is 4. The van der Waals surface area contributed by atoms with Gasteiger partial charge in [-0.3, -0.25) is 4.79 Å². The standard InChI is InChI=1S/C14H24N6O/c15-13(21)14-17-10-20(18-14)12-4-2-6-19(9-12)8-11-3-1-5-16-7-11/h10-12,16H,1-9H2,(H2,15,21). The fourth-order valence-electron chi connectivity index (χ4n) is 3.42. The molecule has 0 bridgehead atoms. The second kappa shape index (κ2) is 6.53. The number of nitrogens with one attached hydrogen (secondary N) is 1. The van der Waals surface area contributed by atoms with E-state index in [1.165, 1.54) is 12.8 Å². The van der Waals surface area contributed by atoms with Gasteiger partial charge in [-0.05, 0) is 51.2 Å². The van der Waals surface area contributed by atoms with Crippen LogP contribution in [0.5, 0.6) is 0 Å². The minimum absolute atomic E-state index is 0.114. The molecule has 2 unspecified atom stereocenters. The number of amides is 1. The molecular formula is C14H24N6O. The summed E-state index contributed by atoms with van der Waals surface area (Å²) in [6.07, 6.45) is 6.49. The fourth-order valence-corrected chi connectivity index (χ4v) is 3.42. The van der Waals surface area contributed by atoms with Crippen molar-refractivity contribution in [3.8, 4) is 0 Å². The molecular weight excluding hydrogens is 268 g/mol. The van der Waals surface area contributed by atoms with Crippen LogP contribution < -0.4 is 11.1 Å². The lowest BCUT2D eigenvalue weighted by atomic mass is 9.97. The SMILES string of the molecule is NC(=O)c1ncn(C2CCCN(CC3CCCNC3)C2)n1. The van der Waals surface area contributed by atoms with Crippen LogP contribution in [0.4, 0.5) is 0 Å². The minimum Gasteiger partial charge on any atom is -0.363 e. The van der Waals surface area contributed by atoms with Crippen LogP contribution >= 0.6 is 0 Å². The molecule has 116 valence electrons. The predicted molar refractivity (Wildman–Crippen MR) is 78.8 cm³/mol. The minimum atomic E-state index is -0.560. The average Bonchev–Trinajstić information content (AvgIpc) is 2.99. The highest BCUT2D eigenvalue weighted by Gasteiger charge is 2.25. The van der Waals surface area contributed by atoms with E-state index in [-0.39, 0.29) is 5.82 Å². The summed E-state index contributed by atoms with van der Waals surface area (Å²) in [6, 6.07) is 0.302. The number of carbonyl (C=O) groups is 1. The Morgan fingerprint density at radius 2 is 2.33 bits per heavy atom. The van der Waals surface area contributed by atoms with Gasteiger partial charge in [0.15, 0.2) is 0 Å². The van der Waals surface area contributed by atoms with Crippen LogP contribution in [0.3, 0.4) is 0 Å². The smallest absolute Gasteiger partial charge is 0.288 e. The van der Waals surface area contributed by atoms with Gasteiger partial charge in [0.2, 0.25) is 5.82 Å². The van der Waals surface area contributed by atoms with Crippen molar-refractivity contribution >= 4 is 5.91 Å². The third-order valence-electron chi connectivity index (χ3n) is 4.50.